The number of unbranched alkanes of at least 4 members (excludes halogenated alkanes) is 3. The summed E-state index contributed by atoms with van der Waals surface area (Å²) in [4.78, 5) is 2.50. The van der Waals surface area contributed by atoms with Crippen LogP contribution in [0.4, 0.5) is 0 Å². The van der Waals surface area contributed by atoms with Gasteiger partial charge in [0.15, 0.2) is 12.4 Å². The summed E-state index contributed by atoms with van der Waals surface area (Å²) in [5.41, 5.74) is 1.51. The summed E-state index contributed by atoms with van der Waals surface area (Å²) in [7, 11) is 2.26. The fraction of sp³-hybridized carbons (Fsp3) is 0.750. The van der Waals surface area contributed by atoms with Crippen LogP contribution in [-0.4, -0.2) is 18.5 Å². The first-order chi connectivity index (χ1) is 10.8. The normalized spacial score (nSPS) is 22.9. The smallest absolute Gasteiger partial charge is 0.173 e. The number of hydrogen-bond donors (Lipinski definition) is 0. The van der Waals surface area contributed by atoms with Gasteiger partial charge in [-0.1, -0.05) is 38.5 Å². The minimum absolute atomic E-state index is 0.648. The topological polar surface area (TPSA) is 7.12 Å². The summed E-state index contributed by atoms with van der Waals surface area (Å²) in [5, 5.41) is 0. The average molecular weight is 301 g/mol. The van der Waals surface area contributed by atoms with Crippen molar-refractivity contribution in [3.8, 4) is 0 Å². The molecule has 1 aromatic heterocycles. The number of aromatic nitrogens is 1. The second-order valence-corrected chi connectivity index (χ2v) is 7.51. The Hall–Kier alpha value is -0.890. The van der Waals surface area contributed by atoms with E-state index in [4.69, 9.17) is 0 Å². The molecule has 2 nitrogen and oxygen atoms in total. The van der Waals surface area contributed by atoms with Crippen molar-refractivity contribution in [2.24, 2.45) is 5.92 Å². The fourth-order valence-corrected chi connectivity index (χ4v) is 4.07. The molecule has 1 unspecified atom stereocenters. The summed E-state index contributed by atoms with van der Waals surface area (Å²) in [5.74, 6) is 1.09. The number of rotatable bonds is 8. The second kappa shape index (κ2) is 8.10. The molecular weight excluding hydrogens is 268 g/mol. The van der Waals surface area contributed by atoms with Crippen LogP contribution in [0.25, 0.3) is 0 Å². The highest BCUT2D eigenvalue weighted by atomic mass is 15.1. The van der Waals surface area contributed by atoms with Gasteiger partial charge in [0.05, 0.1) is 0 Å². The zero-order valence-corrected chi connectivity index (χ0v) is 14.3. The van der Waals surface area contributed by atoms with Crippen LogP contribution in [0.5, 0.6) is 0 Å². The number of hydrogen-bond acceptors (Lipinski definition) is 1. The molecule has 3 rings (SSSR count). The number of nitrogens with zero attached hydrogens (tertiary/aromatic N) is 2. The molecule has 1 aromatic rings. The molecule has 1 atom stereocenters. The van der Waals surface area contributed by atoms with Gasteiger partial charge in [0.2, 0.25) is 0 Å². The third kappa shape index (κ3) is 4.32. The first-order valence-electron chi connectivity index (χ1n) is 9.52. The molecule has 22 heavy (non-hydrogen) atoms. The molecule has 0 radical (unpaired) electrons. The molecule has 2 fully saturated rings. The summed E-state index contributed by atoms with van der Waals surface area (Å²) in [6.45, 7) is 2.44. The quantitative estimate of drug-likeness (QED) is 0.507. The van der Waals surface area contributed by atoms with Crippen LogP contribution >= 0.6 is 0 Å². The molecule has 0 bridgehead atoms. The Morgan fingerprint density at radius 2 is 1.95 bits per heavy atom. The average Bonchev–Trinajstić information content (AvgIpc) is 2.91. The van der Waals surface area contributed by atoms with E-state index in [-0.39, 0.29) is 0 Å². The third-order valence-electron chi connectivity index (χ3n) is 5.79. The molecule has 2 heteroatoms. The molecule has 2 heterocycles. The Bertz CT molecular complexity index is 453. The van der Waals surface area contributed by atoms with Crippen molar-refractivity contribution in [1.82, 2.24) is 4.90 Å². The zero-order valence-electron chi connectivity index (χ0n) is 14.3. The minimum atomic E-state index is 0.648. The lowest BCUT2D eigenvalue weighted by Crippen LogP contribution is -2.34. The Morgan fingerprint density at radius 3 is 2.68 bits per heavy atom. The van der Waals surface area contributed by atoms with Crippen LogP contribution < -0.4 is 4.57 Å². The van der Waals surface area contributed by atoms with Gasteiger partial charge in [-0.05, 0) is 44.8 Å². The van der Waals surface area contributed by atoms with Crippen molar-refractivity contribution in [3.05, 3.63) is 30.1 Å². The van der Waals surface area contributed by atoms with E-state index in [0.717, 1.165) is 5.92 Å². The molecule has 0 N–H and O–H groups in total. The van der Waals surface area contributed by atoms with Gasteiger partial charge in [-0.3, -0.25) is 4.90 Å². The molecule has 0 aromatic carbocycles. The lowest BCUT2D eigenvalue weighted by Gasteiger charge is -2.24. The fourth-order valence-electron chi connectivity index (χ4n) is 4.07. The molecule has 0 spiro atoms. The highest BCUT2D eigenvalue weighted by Crippen LogP contribution is 2.31. The van der Waals surface area contributed by atoms with Crippen molar-refractivity contribution >= 4 is 0 Å². The molecule has 1 saturated carbocycles. The van der Waals surface area contributed by atoms with Crippen LogP contribution in [0.15, 0.2) is 24.5 Å². The highest BCUT2D eigenvalue weighted by Gasteiger charge is 2.24. The Balaban J connectivity index is 1.37. The van der Waals surface area contributed by atoms with Gasteiger partial charge in [-0.2, -0.15) is 0 Å². The molecule has 1 saturated heterocycles. The van der Waals surface area contributed by atoms with Crippen molar-refractivity contribution < 1.29 is 4.57 Å². The lowest BCUT2D eigenvalue weighted by molar-refractivity contribution is -0.697. The van der Waals surface area contributed by atoms with Gasteiger partial charge in [0.25, 0.3) is 0 Å². The van der Waals surface area contributed by atoms with Crippen LogP contribution in [0.3, 0.4) is 0 Å². The maximum absolute atomic E-state index is 2.50. The van der Waals surface area contributed by atoms with Gasteiger partial charge in [-0.25, -0.2) is 4.57 Å². The third-order valence-corrected chi connectivity index (χ3v) is 5.79. The van der Waals surface area contributed by atoms with Crippen molar-refractivity contribution in [2.45, 2.75) is 76.8 Å². The van der Waals surface area contributed by atoms with E-state index in [9.17, 15) is 0 Å². The van der Waals surface area contributed by atoms with Gasteiger partial charge >= 0.3 is 0 Å². The van der Waals surface area contributed by atoms with Crippen LogP contribution in [0.2, 0.25) is 0 Å². The Kier molecular flexibility index (Phi) is 5.89. The van der Waals surface area contributed by atoms with E-state index in [1.54, 1.807) is 0 Å². The van der Waals surface area contributed by atoms with Crippen molar-refractivity contribution in [2.75, 3.05) is 13.6 Å². The number of aryl methyl sites for hydroxylation is 1. The van der Waals surface area contributed by atoms with Crippen LogP contribution in [-0.2, 0) is 6.54 Å². The van der Waals surface area contributed by atoms with E-state index in [1.807, 2.05) is 0 Å². The summed E-state index contributed by atoms with van der Waals surface area (Å²) in [6.07, 6.45) is 18.9. The van der Waals surface area contributed by atoms with E-state index in [0.29, 0.717) is 6.04 Å². The highest BCUT2D eigenvalue weighted by molar-refractivity contribution is 5.12. The second-order valence-electron chi connectivity index (χ2n) is 7.51. The van der Waals surface area contributed by atoms with Gasteiger partial charge in [-0.15, -0.1) is 0 Å². The first kappa shape index (κ1) is 16.0. The van der Waals surface area contributed by atoms with Crippen LogP contribution in [0.1, 0.15) is 75.8 Å². The Morgan fingerprint density at radius 1 is 1.09 bits per heavy atom. The molecule has 1 aliphatic heterocycles. The van der Waals surface area contributed by atoms with E-state index in [2.05, 4.69) is 41.0 Å². The summed E-state index contributed by atoms with van der Waals surface area (Å²) in [6, 6.07) is 5.19. The minimum Gasteiger partial charge on any atom is -0.299 e. The molecular formula is C20H33N2+. The predicted octanol–water partition coefficient (Wildman–Crippen LogP) is 4.49. The molecule has 0 amide bonds. The molecule has 2 aliphatic rings. The van der Waals surface area contributed by atoms with E-state index >= 15 is 0 Å². The zero-order chi connectivity index (χ0) is 15.2. The van der Waals surface area contributed by atoms with E-state index in [1.165, 1.54) is 82.9 Å². The maximum Gasteiger partial charge on any atom is 0.173 e. The predicted molar refractivity (Wildman–Crippen MR) is 91.7 cm³/mol. The van der Waals surface area contributed by atoms with Crippen LogP contribution in [0, 0.1) is 5.92 Å². The Labute approximate surface area is 136 Å². The van der Waals surface area contributed by atoms with E-state index < -0.39 is 0 Å². The van der Waals surface area contributed by atoms with Gasteiger partial charge in [0, 0.05) is 24.1 Å². The standard InChI is InChI=1S/C20H33N2/c1-21-14-8-13-20(21)19-12-7-16-22(17-19)15-5-3-2-4-9-18-10-6-11-18/h7,12,16-18,20H,2-6,8-11,13-15H2,1H3/q+1. The number of pyridine rings is 1. The van der Waals surface area contributed by atoms with Gasteiger partial charge in [0.1, 0.15) is 6.54 Å². The van der Waals surface area contributed by atoms with Crippen molar-refractivity contribution in [3.63, 3.8) is 0 Å². The first-order valence-corrected chi connectivity index (χ1v) is 9.52. The largest absolute Gasteiger partial charge is 0.299 e. The van der Waals surface area contributed by atoms with Gasteiger partial charge < -0.3 is 0 Å². The SMILES string of the molecule is CN1CCCC1c1ccc[n+](CCCCCCC2CCC2)c1. The summed E-state index contributed by atoms with van der Waals surface area (Å²) < 4.78 is 2.41. The monoisotopic (exact) mass is 301 g/mol. The van der Waals surface area contributed by atoms with Crippen molar-refractivity contribution in [1.29, 1.82) is 0 Å². The molecule has 122 valence electrons. The number of likely N-dealkylation sites (tertiary alicyclic amines) is 1. The summed E-state index contributed by atoms with van der Waals surface area (Å²) >= 11 is 0. The lowest BCUT2D eigenvalue weighted by atomic mass is 9.82. The molecule has 1 aliphatic carbocycles. The maximum atomic E-state index is 2.50.